The first-order chi connectivity index (χ1) is 12.4. The molecular weight excluding hydrogens is 334 g/mol. The van der Waals surface area contributed by atoms with Crippen LogP contribution in [0.4, 0.5) is 11.4 Å². The number of carbonyl (C=O) groups is 1. The Morgan fingerprint density at radius 1 is 1.31 bits per heavy atom. The third kappa shape index (κ3) is 3.28. The topological polar surface area (TPSA) is 94.4 Å². The van der Waals surface area contributed by atoms with Gasteiger partial charge in [-0.05, 0) is 25.5 Å². The van der Waals surface area contributed by atoms with E-state index in [0.29, 0.717) is 23.1 Å². The van der Waals surface area contributed by atoms with E-state index in [0.717, 1.165) is 16.5 Å². The summed E-state index contributed by atoms with van der Waals surface area (Å²) in [6.07, 6.45) is -0.377. The molecule has 0 unspecified atom stereocenters. The van der Waals surface area contributed by atoms with Gasteiger partial charge >= 0.3 is 5.97 Å². The van der Waals surface area contributed by atoms with Crippen LogP contribution in [-0.4, -0.2) is 28.5 Å². The van der Waals surface area contributed by atoms with Gasteiger partial charge in [0, 0.05) is 18.4 Å². The van der Waals surface area contributed by atoms with Crippen molar-refractivity contribution < 1.29 is 14.5 Å². The molecule has 2 aromatic carbocycles. The zero-order chi connectivity index (χ0) is 18.8. The van der Waals surface area contributed by atoms with Gasteiger partial charge in [-0.2, -0.15) is 0 Å². The van der Waals surface area contributed by atoms with Crippen molar-refractivity contribution in [2.75, 3.05) is 11.9 Å². The summed E-state index contributed by atoms with van der Waals surface area (Å²) in [4.78, 5) is 26.9. The van der Waals surface area contributed by atoms with Crippen LogP contribution in [0.15, 0.2) is 36.4 Å². The number of benzene rings is 2. The molecule has 0 aliphatic heterocycles. The second-order valence-electron chi connectivity index (χ2n) is 6.19. The first-order valence-electron chi connectivity index (χ1n) is 8.26. The van der Waals surface area contributed by atoms with Gasteiger partial charge in [-0.3, -0.25) is 14.9 Å². The maximum absolute atomic E-state index is 11.6. The van der Waals surface area contributed by atoms with Crippen LogP contribution in [0.1, 0.15) is 19.4 Å². The number of hydrogen-bond donors (Lipinski definition) is 1. The zero-order valence-electron chi connectivity index (χ0n) is 14.8. The van der Waals surface area contributed by atoms with E-state index in [1.807, 2.05) is 31.2 Å². The minimum Gasteiger partial charge on any atom is -0.461 e. The van der Waals surface area contributed by atoms with Gasteiger partial charge in [0.2, 0.25) is 0 Å². The molecule has 0 saturated heterocycles. The summed E-state index contributed by atoms with van der Waals surface area (Å²) in [6, 6.07) is 10.7. The molecule has 0 bridgehead atoms. The van der Waals surface area contributed by atoms with Gasteiger partial charge in [0.25, 0.3) is 5.69 Å². The number of pyridine rings is 1. The molecule has 1 atom stereocenters. The third-order valence-electron chi connectivity index (χ3n) is 4.14. The van der Waals surface area contributed by atoms with E-state index in [1.54, 1.807) is 13.0 Å². The molecule has 0 fully saturated rings. The first kappa shape index (κ1) is 17.6. The summed E-state index contributed by atoms with van der Waals surface area (Å²) >= 11 is 0. The molecule has 1 N–H and O–H groups in total. The van der Waals surface area contributed by atoms with E-state index in [9.17, 15) is 14.9 Å². The van der Waals surface area contributed by atoms with Crippen molar-refractivity contribution in [2.45, 2.75) is 26.9 Å². The number of ether oxygens (including phenoxy) is 1. The van der Waals surface area contributed by atoms with Gasteiger partial charge in [-0.1, -0.05) is 24.3 Å². The largest absolute Gasteiger partial charge is 0.461 e. The fourth-order valence-corrected chi connectivity index (χ4v) is 3.02. The summed E-state index contributed by atoms with van der Waals surface area (Å²) in [5.74, 6) is -0.370. The van der Waals surface area contributed by atoms with Crippen molar-refractivity contribution in [1.82, 2.24) is 4.98 Å². The standard InChI is InChI=1S/C19H19N3O4/c1-11-8-9-16(22(24)25)17-18(11)21-15-7-5-4-6-14(15)19(17)20-10-12(2)26-13(3)23/h4-9,12H,10H2,1-3H3,(H,20,21)/t12-/m0/s1. The number of rotatable bonds is 5. The highest BCUT2D eigenvalue weighted by Gasteiger charge is 2.21. The first-order valence-corrected chi connectivity index (χ1v) is 8.26. The number of anilines is 1. The van der Waals surface area contributed by atoms with Crippen LogP contribution in [-0.2, 0) is 9.53 Å². The fourth-order valence-electron chi connectivity index (χ4n) is 3.02. The lowest BCUT2D eigenvalue weighted by Crippen LogP contribution is -2.22. The van der Waals surface area contributed by atoms with E-state index in [2.05, 4.69) is 10.3 Å². The Bertz CT molecular complexity index is 1020. The number of aromatic nitrogens is 1. The molecule has 26 heavy (non-hydrogen) atoms. The minimum absolute atomic E-state index is 0.00788. The average Bonchev–Trinajstić information content (AvgIpc) is 2.58. The van der Waals surface area contributed by atoms with E-state index >= 15 is 0 Å². The Labute approximate surface area is 150 Å². The van der Waals surface area contributed by atoms with Gasteiger partial charge in [0.05, 0.1) is 28.2 Å². The Morgan fingerprint density at radius 2 is 2.04 bits per heavy atom. The average molecular weight is 353 g/mol. The van der Waals surface area contributed by atoms with Crippen LogP contribution in [0.5, 0.6) is 0 Å². The zero-order valence-corrected chi connectivity index (χ0v) is 14.8. The van der Waals surface area contributed by atoms with Gasteiger partial charge < -0.3 is 10.1 Å². The number of non-ortho nitro benzene ring substituents is 1. The molecule has 7 heteroatoms. The second-order valence-corrected chi connectivity index (χ2v) is 6.19. The second kappa shape index (κ2) is 6.95. The van der Waals surface area contributed by atoms with Crippen molar-refractivity contribution >= 4 is 39.1 Å². The minimum atomic E-state index is -0.404. The molecule has 134 valence electrons. The molecule has 0 radical (unpaired) electrons. The monoisotopic (exact) mass is 353 g/mol. The molecule has 3 aromatic rings. The normalized spacial score (nSPS) is 12.1. The van der Waals surface area contributed by atoms with Gasteiger partial charge in [0.1, 0.15) is 11.5 Å². The predicted molar refractivity (Wildman–Crippen MR) is 100 cm³/mol. The third-order valence-corrected chi connectivity index (χ3v) is 4.14. The van der Waals surface area contributed by atoms with Gasteiger partial charge in [-0.15, -0.1) is 0 Å². The summed E-state index contributed by atoms with van der Waals surface area (Å²) in [7, 11) is 0. The number of esters is 1. The Hall–Kier alpha value is -3.22. The maximum Gasteiger partial charge on any atom is 0.302 e. The predicted octanol–water partition coefficient (Wildman–Crippen LogP) is 3.97. The number of fused-ring (bicyclic) bond motifs is 2. The molecular formula is C19H19N3O4. The number of nitrogens with one attached hydrogen (secondary N) is 1. The number of nitro benzene ring substituents is 1. The van der Waals surface area contributed by atoms with E-state index in [1.165, 1.54) is 13.0 Å². The van der Waals surface area contributed by atoms with Crippen LogP contribution < -0.4 is 5.32 Å². The smallest absolute Gasteiger partial charge is 0.302 e. The van der Waals surface area contributed by atoms with Crippen molar-refractivity contribution in [1.29, 1.82) is 0 Å². The summed E-state index contributed by atoms with van der Waals surface area (Å²) in [5, 5.41) is 16.1. The highest BCUT2D eigenvalue weighted by molar-refractivity contribution is 6.11. The highest BCUT2D eigenvalue weighted by Crippen LogP contribution is 2.37. The number of hydrogen-bond acceptors (Lipinski definition) is 6. The van der Waals surface area contributed by atoms with Crippen LogP contribution >= 0.6 is 0 Å². The molecule has 1 aromatic heterocycles. The van der Waals surface area contributed by atoms with Crippen molar-refractivity contribution in [3.05, 3.63) is 52.1 Å². The van der Waals surface area contributed by atoms with Gasteiger partial charge in [-0.25, -0.2) is 4.98 Å². The summed E-state index contributed by atoms with van der Waals surface area (Å²) < 4.78 is 5.15. The van der Waals surface area contributed by atoms with Crippen LogP contribution in [0.2, 0.25) is 0 Å². The number of nitro groups is 1. The summed E-state index contributed by atoms with van der Waals surface area (Å²) in [6.45, 7) is 5.31. The molecule has 0 aliphatic carbocycles. The fraction of sp³-hybridized carbons (Fsp3) is 0.263. The van der Waals surface area contributed by atoms with Crippen LogP contribution in [0, 0.1) is 17.0 Å². The van der Waals surface area contributed by atoms with Crippen molar-refractivity contribution in [2.24, 2.45) is 0 Å². The summed E-state index contributed by atoms with van der Waals surface area (Å²) in [5.41, 5.74) is 2.80. The van der Waals surface area contributed by atoms with E-state index in [4.69, 9.17) is 4.74 Å². The quantitative estimate of drug-likeness (QED) is 0.323. The molecule has 0 aliphatic rings. The van der Waals surface area contributed by atoms with E-state index < -0.39 is 4.92 Å². The van der Waals surface area contributed by atoms with Crippen molar-refractivity contribution in [3.63, 3.8) is 0 Å². The highest BCUT2D eigenvalue weighted by atomic mass is 16.6. The Kier molecular flexibility index (Phi) is 4.71. The molecule has 0 spiro atoms. The number of carbonyl (C=O) groups excluding carboxylic acids is 1. The number of para-hydroxylation sites is 1. The lowest BCUT2D eigenvalue weighted by Gasteiger charge is -2.17. The molecule has 0 amide bonds. The SMILES string of the molecule is CC(=O)O[C@@H](C)CNc1c2ccccc2nc2c(C)ccc([N+](=O)[O-])c12. The lowest BCUT2D eigenvalue weighted by atomic mass is 10.0. The molecule has 1 heterocycles. The van der Waals surface area contributed by atoms with Gasteiger partial charge in [0.15, 0.2) is 0 Å². The lowest BCUT2D eigenvalue weighted by molar-refractivity contribution is -0.383. The number of aryl methyl sites for hydroxylation is 1. The Morgan fingerprint density at radius 3 is 2.73 bits per heavy atom. The maximum atomic E-state index is 11.6. The number of nitrogens with zero attached hydrogens (tertiary/aromatic N) is 2. The van der Waals surface area contributed by atoms with E-state index in [-0.39, 0.29) is 17.8 Å². The van der Waals surface area contributed by atoms with Crippen LogP contribution in [0.25, 0.3) is 21.8 Å². The molecule has 3 rings (SSSR count). The van der Waals surface area contributed by atoms with Crippen molar-refractivity contribution in [3.8, 4) is 0 Å². The van der Waals surface area contributed by atoms with Crippen LogP contribution in [0.3, 0.4) is 0 Å². The molecule has 7 nitrogen and oxygen atoms in total. The Balaban J connectivity index is 2.23. The molecule has 0 saturated carbocycles.